The molecule has 1 amide bonds. The van der Waals surface area contributed by atoms with Crippen LogP contribution in [0.1, 0.15) is 50.7 Å². The molecular weight excluding hydrogens is 210 g/mol. The smallest absolute Gasteiger partial charge is 0.232 e. The molecule has 1 aromatic rings. The lowest BCUT2D eigenvalue weighted by atomic mass is 9.84. The third-order valence-electron chi connectivity index (χ3n) is 3.34. The number of aryl methyl sites for hydroxylation is 1. The van der Waals surface area contributed by atoms with E-state index < -0.39 is 0 Å². The second-order valence-corrected chi connectivity index (χ2v) is 6.23. The Bertz CT molecular complexity index is 443. The van der Waals surface area contributed by atoms with Crippen LogP contribution in [0.4, 0.5) is 5.69 Å². The van der Waals surface area contributed by atoms with Gasteiger partial charge >= 0.3 is 0 Å². The van der Waals surface area contributed by atoms with Crippen LogP contribution in [0.5, 0.6) is 0 Å². The van der Waals surface area contributed by atoms with E-state index in [0.717, 1.165) is 18.5 Å². The summed E-state index contributed by atoms with van der Waals surface area (Å²) in [6.45, 7) is 8.73. The molecule has 0 radical (unpaired) electrons. The highest BCUT2D eigenvalue weighted by Gasteiger charge is 2.31. The van der Waals surface area contributed by atoms with Gasteiger partial charge in [-0.15, -0.1) is 0 Å². The van der Waals surface area contributed by atoms with Crippen LogP contribution in [0.15, 0.2) is 18.2 Å². The number of hydrogen-bond donors (Lipinski definition) is 1. The fourth-order valence-electron chi connectivity index (χ4n) is 2.31. The van der Waals surface area contributed by atoms with Crippen LogP contribution in [0.3, 0.4) is 0 Å². The molecule has 2 heteroatoms. The molecule has 1 heterocycles. The van der Waals surface area contributed by atoms with Gasteiger partial charge in [-0.1, -0.05) is 38.5 Å². The minimum Gasteiger partial charge on any atom is -0.325 e. The summed E-state index contributed by atoms with van der Waals surface area (Å²) in [6.07, 6.45) is 2.00. The molecule has 1 N–H and O–H groups in total. The lowest BCUT2D eigenvalue weighted by Crippen LogP contribution is -2.15. The molecular formula is C15H21NO. The summed E-state index contributed by atoms with van der Waals surface area (Å²) >= 11 is 0. The van der Waals surface area contributed by atoms with Gasteiger partial charge in [0.05, 0.1) is 5.92 Å². The van der Waals surface area contributed by atoms with E-state index in [9.17, 15) is 4.79 Å². The highest BCUT2D eigenvalue weighted by atomic mass is 16.2. The highest BCUT2D eigenvalue weighted by molar-refractivity contribution is 6.02. The van der Waals surface area contributed by atoms with Crippen LogP contribution in [0.25, 0.3) is 0 Å². The summed E-state index contributed by atoms with van der Waals surface area (Å²) in [4.78, 5) is 11.9. The first-order valence-corrected chi connectivity index (χ1v) is 6.28. The van der Waals surface area contributed by atoms with Crippen LogP contribution >= 0.6 is 0 Å². The van der Waals surface area contributed by atoms with Crippen molar-refractivity contribution in [3.63, 3.8) is 0 Å². The van der Waals surface area contributed by atoms with Gasteiger partial charge in [0, 0.05) is 5.69 Å². The first kappa shape index (κ1) is 12.2. The van der Waals surface area contributed by atoms with Crippen molar-refractivity contribution in [1.82, 2.24) is 0 Å². The zero-order valence-corrected chi connectivity index (χ0v) is 11.1. The number of nitrogens with one attached hydrogen (secondary N) is 1. The van der Waals surface area contributed by atoms with Crippen LogP contribution in [0, 0.1) is 12.3 Å². The van der Waals surface area contributed by atoms with Gasteiger partial charge in [-0.05, 0) is 36.8 Å². The molecule has 1 aliphatic heterocycles. The minimum atomic E-state index is 0.0455. The molecule has 2 nitrogen and oxygen atoms in total. The SMILES string of the molecule is Cc1ccc2c(c1)C(CCC(C)(C)C)C(=O)N2. The monoisotopic (exact) mass is 231 g/mol. The maximum absolute atomic E-state index is 11.9. The lowest BCUT2D eigenvalue weighted by molar-refractivity contribution is -0.117. The van der Waals surface area contributed by atoms with Gasteiger partial charge in [0.25, 0.3) is 0 Å². The van der Waals surface area contributed by atoms with Crippen molar-refractivity contribution in [3.8, 4) is 0 Å². The third-order valence-corrected chi connectivity index (χ3v) is 3.34. The maximum atomic E-state index is 11.9. The van der Waals surface area contributed by atoms with Crippen molar-refractivity contribution >= 4 is 11.6 Å². The Morgan fingerprint density at radius 3 is 2.65 bits per heavy atom. The second kappa shape index (κ2) is 4.17. The Morgan fingerprint density at radius 2 is 2.00 bits per heavy atom. The Balaban J connectivity index is 2.19. The van der Waals surface area contributed by atoms with Crippen molar-refractivity contribution in [2.45, 2.75) is 46.5 Å². The van der Waals surface area contributed by atoms with Gasteiger partial charge in [0.2, 0.25) is 5.91 Å². The van der Waals surface area contributed by atoms with Crippen LogP contribution in [-0.4, -0.2) is 5.91 Å². The number of amides is 1. The van der Waals surface area contributed by atoms with E-state index >= 15 is 0 Å². The molecule has 17 heavy (non-hydrogen) atoms. The molecule has 0 aromatic heterocycles. The average molecular weight is 231 g/mol. The van der Waals surface area contributed by atoms with E-state index in [4.69, 9.17) is 0 Å². The zero-order valence-electron chi connectivity index (χ0n) is 11.1. The molecule has 1 aliphatic rings. The zero-order chi connectivity index (χ0) is 12.6. The standard InChI is InChI=1S/C15H21NO/c1-10-5-6-13-12(9-10)11(14(17)16-13)7-8-15(2,3)4/h5-6,9,11H,7-8H2,1-4H3,(H,16,17). The van der Waals surface area contributed by atoms with Crippen LogP contribution in [0.2, 0.25) is 0 Å². The predicted octanol–water partition coefficient (Wildman–Crippen LogP) is 3.86. The first-order valence-electron chi connectivity index (χ1n) is 6.28. The summed E-state index contributed by atoms with van der Waals surface area (Å²) in [6, 6.07) is 6.20. The summed E-state index contributed by atoms with van der Waals surface area (Å²) < 4.78 is 0. The molecule has 2 rings (SSSR count). The Morgan fingerprint density at radius 1 is 1.29 bits per heavy atom. The van der Waals surface area contributed by atoms with Gasteiger partial charge in [-0.2, -0.15) is 0 Å². The fourth-order valence-corrected chi connectivity index (χ4v) is 2.31. The van der Waals surface area contributed by atoms with E-state index in [-0.39, 0.29) is 17.2 Å². The van der Waals surface area contributed by atoms with E-state index in [2.05, 4.69) is 39.1 Å². The summed E-state index contributed by atoms with van der Waals surface area (Å²) in [5.41, 5.74) is 3.69. The molecule has 1 atom stereocenters. The van der Waals surface area contributed by atoms with Crippen LogP contribution in [-0.2, 0) is 4.79 Å². The lowest BCUT2D eigenvalue weighted by Gasteiger charge is -2.20. The maximum Gasteiger partial charge on any atom is 0.232 e. The molecule has 92 valence electrons. The molecule has 0 bridgehead atoms. The average Bonchev–Trinajstić information content (AvgIpc) is 2.49. The number of benzene rings is 1. The quantitative estimate of drug-likeness (QED) is 0.822. The number of carbonyl (C=O) groups is 1. The summed E-state index contributed by atoms with van der Waals surface area (Å²) in [7, 11) is 0. The normalized spacial score (nSPS) is 19.1. The van der Waals surface area contributed by atoms with E-state index in [1.54, 1.807) is 0 Å². The molecule has 1 unspecified atom stereocenters. The van der Waals surface area contributed by atoms with Gasteiger partial charge < -0.3 is 5.32 Å². The van der Waals surface area contributed by atoms with Crippen molar-refractivity contribution < 1.29 is 4.79 Å². The van der Waals surface area contributed by atoms with Crippen molar-refractivity contribution in [2.75, 3.05) is 5.32 Å². The highest BCUT2D eigenvalue weighted by Crippen LogP contribution is 2.38. The largest absolute Gasteiger partial charge is 0.325 e. The predicted molar refractivity (Wildman–Crippen MR) is 71.2 cm³/mol. The van der Waals surface area contributed by atoms with Gasteiger partial charge in [0.1, 0.15) is 0 Å². The number of rotatable bonds is 2. The molecule has 1 aromatic carbocycles. The van der Waals surface area contributed by atoms with E-state index in [1.165, 1.54) is 11.1 Å². The number of hydrogen-bond acceptors (Lipinski definition) is 1. The topological polar surface area (TPSA) is 29.1 Å². The van der Waals surface area contributed by atoms with E-state index in [1.807, 2.05) is 12.1 Å². The Hall–Kier alpha value is -1.31. The number of fused-ring (bicyclic) bond motifs is 1. The fraction of sp³-hybridized carbons (Fsp3) is 0.533. The molecule has 0 saturated heterocycles. The summed E-state index contributed by atoms with van der Waals surface area (Å²) in [5.74, 6) is 0.207. The molecule has 0 aliphatic carbocycles. The van der Waals surface area contributed by atoms with Gasteiger partial charge in [0.15, 0.2) is 0 Å². The minimum absolute atomic E-state index is 0.0455. The van der Waals surface area contributed by atoms with Gasteiger partial charge in [-0.25, -0.2) is 0 Å². The van der Waals surface area contributed by atoms with Crippen molar-refractivity contribution in [3.05, 3.63) is 29.3 Å². The number of anilines is 1. The Kier molecular flexibility index (Phi) is 2.98. The van der Waals surface area contributed by atoms with Gasteiger partial charge in [-0.3, -0.25) is 4.79 Å². The Labute approximate surface area is 103 Å². The summed E-state index contributed by atoms with van der Waals surface area (Å²) in [5, 5.41) is 2.97. The molecule has 0 spiro atoms. The second-order valence-electron chi connectivity index (χ2n) is 6.23. The van der Waals surface area contributed by atoms with Crippen molar-refractivity contribution in [1.29, 1.82) is 0 Å². The third kappa shape index (κ3) is 2.68. The molecule has 0 saturated carbocycles. The van der Waals surface area contributed by atoms with Crippen LogP contribution < -0.4 is 5.32 Å². The molecule has 0 fully saturated rings. The van der Waals surface area contributed by atoms with E-state index in [0.29, 0.717) is 0 Å². The first-order chi connectivity index (χ1) is 7.87. The van der Waals surface area contributed by atoms with Crippen molar-refractivity contribution in [2.24, 2.45) is 5.41 Å². The number of carbonyl (C=O) groups excluding carboxylic acids is 1.